The number of hydrogen-bond acceptors (Lipinski definition) is 7. The second-order valence-corrected chi connectivity index (χ2v) is 5.60. The summed E-state index contributed by atoms with van der Waals surface area (Å²) < 4.78 is 15.8. The van der Waals surface area contributed by atoms with Crippen molar-refractivity contribution in [1.82, 2.24) is 4.90 Å². The molecular formula is C14H11NO7S. The van der Waals surface area contributed by atoms with E-state index in [0.29, 0.717) is 39.5 Å². The minimum absolute atomic E-state index is 0.0943. The molecule has 0 aromatic heterocycles. The molecule has 0 radical (unpaired) electrons. The Balaban J connectivity index is 1.94. The van der Waals surface area contributed by atoms with Crippen molar-refractivity contribution in [2.75, 3.05) is 20.4 Å². The van der Waals surface area contributed by atoms with Crippen molar-refractivity contribution >= 4 is 35.0 Å². The van der Waals surface area contributed by atoms with E-state index >= 15 is 0 Å². The van der Waals surface area contributed by atoms with Crippen molar-refractivity contribution in [2.45, 2.75) is 0 Å². The first kappa shape index (κ1) is 15.2. The predicted molar refractivity (Wildman–Crippen MR) is 79.4 cm³/mol. The summed E-state index contributed by atoms with van der Waals surface area (Å²) in [7, 11) is 1.46. The Morgan fingerprint density at radius 3 is 2.74 bits per heavy atom. The SMILES string of the molecule is COc1cc2c(cc1C=C1SC(=O)N(CC(=O)O)C1=O)OCO2. The quantitative estimate of drug-likeness (QED) is 0.826. The first-order valence-electron chi connectivity index (χ1n) is 6.44. The first-order valence-corrected chi connectivity index (χ1v) is 7.26. The molecule has 1 aromatic rings. The van der Waals surface area contributed by atoms with Crippen LogP contribution < -0.4 is 14.2 Å². The monoisotopic (exact) mass is 337 g/mol. The molecule has 0 bridgehead atoms. The lowest BCUT2D eigenvalue weighted by Gasteiger charge is -2.08. The maximum absolute atomic E-state index is 12.1. The van der Waals surface area contributed by atoms with Crippen molar-refractivity contribution in [1.29, 1.82) is 0 Å². The van der Waals surface area contributed by atoms with Gasteiger partial charge in [-0.1, -0.05) is 0 Å². The van der Waals surface area contributed by atoms with Crippen LogP contribution in [0.1, 0.15) is 5.56 Å². The van der Waals surface area contributed by atoms with Gasteiger partial charge in [0.25, 0.3) is 11.1 Å². The normalized spacial score (nSPS) is 18.0. The van der Waals surface area contributed by atoms with Crippen molar-refractivity contribution in [3.63, 3.8) is 0 Å². The summed E-state index contributed by atoms with van der Waals surface area (Å²) in [5.74, 6) is -0.435. The lowest BCUT2D eigenvalue weighted by atomic mass is 10.1. The molecule has 2 amide bonds. The molecule has 3 rings (SSSR count). The van der Waals surface area contributed by atoms with Gasteiger partial charge in [0.05, 0.1) is 12.0 Å². The highest BCUT2D eigenvalue weighted by molar-refractivity contribution is 8.18. The number of carbonyl (C=O) groups excluding carboxylic acids is 2. The predicted octanol–water partition coefficient (Wildman–Crippen LogP) is 1.54. The number of amides is 2. The third kappa shape index (κ3) is 2.82. The van der Waals surface area contributed by atoms with E-state index in [4.69, 9.17) is 19.3 Å². The van der Waals surface area contributed by atoms with Crippen molar-refractivity contribution < 1.29 is 33.7 Å². The van der Waals surface area contributed by atoms with Crippen LogP contribution >= 0.6 is 11.8 Å². The summed E-state index contributed by atoms with van der Waals surface area (Å²) >= 11 is 0.679. The fraction of sp³-hybridized carbons (Fsp3) is 0.214. The van der Waals surface area contributed by atoms with Crippen molar-refractivity contribution in [3.8, 4) is 17.2 Å². The number of fused-ring (bicyclic) bond motifs is 1. The minimum Gasteiger partial charge on any atom is -0.496 e. The Labute approximate surface area is 134 Å². The molecule has 1 aromatic carbocycles. The van der Waals surface area contributed by atoms with Crippen LogP contribution in [0.25, 0.3) is 6.08 Å². The molecule has 0 atom stereocenters. The summed E-state index contributed by atoms with van der Waals surface area (Å²) in [6, 6.07) is 3.25. The van der Waals surface area contributed by atoms with Crippen LogP contribution in [0.4, 0.5) is 4.79 Å². The van der Waals surface area contributed by atoms with E-state index in [-0.39, 0.29) is 11.7 Å². The number of carbonyl (C=O) groups is 3. The van der Waals surface area contributed by atoms with Crippen LogP contribution in [0.3, 0.4) is 0 Å². The number of carboxylic acids is 1. The van der Waals surface area contributed by atoms with E-state index in [0.717, 1.165) is 0 Å². The summed E-state index contributed by atoms with van der Waals surface area (Å²) in [5.41, 5.74) is 0.526. The zero-order valence-corrected chi connectivity index (χ0v) is 12.7. The van der Waals surface area contributed by atoms with Gasteiger partial charge in [0.15, 0.2) is 11.5 Å². The van der Waals surface area contributed by atoms with E-state index < -0.39 is 23.7 Å². The molecule has 23 heavy (non-hydrogen) atoms. The Kier molecular flexibility index (Phi) is 3.87. The summed E-state index contributed by atoms with van der Waals surface area (Å²) in [6.07, 6.45) is 1.47. The molecule has 0 unspecified atom stereocenters. The molecular weight excluding hydrogens is 326 g/mol. The lowest BCUT2D eigenvalue weighted by molar-refractivity contribution is -0.140. The van der Waals surface area contributed by atoms with Gasteiger partial charge in [-0.3, -0.25) is 19.3 Å². The van der Waals surface area contributed by atoms with Gasteiger partial charge >= 0.3 is 5.97 Å². The van der Waals surface area contributed by atoms with E-state index in [1.165, 1.54) is 13.2 Å². The molecule has 9 heteroatoms. The Morgan fingerprint density at radius 2 is 2.09 bits per heavy atom. The number of aliphatic carboxylic acids is 1. The molecule has 2 heterocycles. The number of imide groups is 1. The molecule has 8 nitrogen and oxygen atoms in total. The van der Waals surface area contributed by atoms with E-state index in [1.807, 2.05) is 0 Å². The Morgan fingerprint density at radius 1 is 1.39 bits per heavy atom. The number of hydrogen-bond donors (Lipinski definition) is 1. The van der Waals surface area contributed by atoms with Gasteiger partial charge < -0.3 is 19.3 Å². The highest BCUT2D eigenvalue weighted by Gasteiger charge is 2.36. The highest BCUT2D eigenvalue weighted by Crippen LogP contribution is 2.40. The average Bonchev–Trinajstić information content (AvgIpc) is 3.06. The van der Waals surface area contributed by atoms with E-state index in [2.05, 4.69) is 0 Å². The van der Waals surface area contributed by atoms with Crippen LogP contribution in [0, 0.1) is 0 Å². The topological polar surface area (TPSA) is 102 Å². The van der Waals surface area contributed by atoms with Crippen LogP contribution in [0.5, 0.6) is 17.2 Å². The summed E-state index contributed by atoms with van der Waals surface area (Å²) in [5, 5.41) is 8.13. The van der Waals surface area contributed by atoms with Crippen LogP contribution in [0.2, 0.25) is 0 Å². The standard InChI is InChI=1S/C14H11NO7S/c1-20-8-4-10-9(21-6-22-10)2-7(8)3-11-13(18)15(5-12(16)17)14(19)23-11/h2-4H,5-6H2,1H3,(H,16,17). The van der Waals surface area contributed by atoms with Gasteiger partial charge in [-0.15, -0.1) is 0 Å². The minimum atomic E-state index is -1.26. The number of ether oxygens (including phenoxy) is 3. The summed E-state index contributed by atoms with van der Waals surface area (Å²) in [4.78, 5) is 35.4. The van der Waals surface area contributed by atoms with Gasteiger partial charge in [0, 0.05) is 11.6 Å². The molecule has 2 aliphatic rings. The number of carboxylic acid groups (broad SMARTS) is 1. The van der Waals surface area contributed by atoms with E-state index in [1.54, 1.807) is 12.1 Å². The second-order valence-electron chi connectivity index (χ2n) is 4.61. The Bertz CT molecular complexity index is 743. The fourth-order valence-electron chi connectivity index (χ4n) is 2.14. The smallest absolute Gasteiger partial charge is 0.323 e. The lowest BCUT2D eigenvalue weighted by Crippen LogP contribution is -2.33. The number of thioether (sulfide) groups is 1. The molecule has 1 N–H and O–H groups in total. The zero-order chi connectivity index (χ0) is 16.6. The number of nitrogens with zero attached hydrogens (tertiary/aromatic N) is 1. The van der Waals surface area contributed by atoms with Crippen molar-refractivity contribution in [2.24, 2.45) is 0 Å². The molecule has 0 spiro atoms. The second kappa shape index (κ2) is 5.84. The number of benzene rings is 1. The maximum Gasteiger partial charge on any atom is 0.323 e. The van der Waals surface area contributed by atoms with Crippen LogP contribution in [-0.4, -0.2) is 47.6 Å². The van der Waals surface area contributed by atoms with Gasteiger partial charge in [0.2, 0.25) is 6.79 Å². The van der Waals surface area contributed by atoms with Gasteiger partial charge in [-0.2, -0.15) is 0 Å². The molecule has 2 aliphatic heterocycles. The van der Waals surface area contributed by atoms with Gasteiger partial charge in [0.1, 0.15) is 12.3 Å². The van der Waals surface area contributed by atoms with Crippen LogP contribution in [-0.2, 0) is 9.59 Å². The Hall–Kier alpha value is -2.68. The fourth-order valence-corrected chi connectivity index (χ4v) is 2.97. The zero-order valence-electron chi connectivity index (χ0n) is 11.9. The number of methoxy groups -OCH3 is 1. The average molecular weight is 337 g/mol. The number of rotatable bonds is 4. The largest absolute Gasteiger partial charge is 0.496 e. The summed E-state index contributed by atoms with van der Waals surface area (Å²) in [6.45, 7) is -0.572. The third-order valence-electron chi connectivity index (χ3n) is 3.18. The highest BCUT2D eigenvalue weighted by atomic mass is 32.2. The molecule has 1 saturated heterocycles. The maximum atomic E-state index is 12.1. The molecule has 120 valence electrons. The van der Waals surface area contributed by atoms with Gasteiger partial charge in [-0.25, -0.2) is 0 Å². The first-order chi connectivity index (χ1) is 11.0. The van der Waals surface area contributed by atoms with Crippen LogP contribution in [0.15, 0.2) is 17.0 Å². The third-order valence-corrected chi connectivity index (χ3v) is 4.09. The molecule has 0 saturated carbocycles. The van der Waals surface area contributed by atoms with E-state index in [9.17, 15) is 14.4 Å². The molecule has 1 fully saturated rings. The molecule has 0 aliphatic carbocycles. The van der Waals surface area contributed by atoms with Gasteiger partial charge in [-0.05, 0) is 23.9 Å². The van der Waals surface area contributed by atoms with Crippen molar-refractivity contribution in [3.05, 3.63) is 22.6 Å².